The van der Waals surface area contributed by atoms with Crippen LogP contribution >= 0.6 is 11.6 Å². The van der Waals surface area contributed by atoms with E-state index in [4.69, 9.17) is 26.8 Å². The van der Waals surface area contributed by atoms with Gasteiger partial charge in [-0.15, -0.1) is 0 Å². The molecule has 36 heavy (non-hydrogen) atoms. The molecule has 1 aromatic carbocycles. The number of nitrogens with one attached hydrogen (secondary N) is 2. The van der Waals surface area contributed by atoms with E-state index in [2.05, 4.69) is 15.4 Å². The van der Waals surface area contributed by atoms with Gasteiger partial charge in [-0.1, -0.05) is 30.2 Å². The zero-order valence-electron chi connectivity index (χ0n) is 21.3. The first-order chi connectivity index (χ1) is 17.5. The van der Waals surface area contributed by atoms with Gasteiger partial charge in [0.1, 0.15) is 0 Å². The van der Waals surface area contributed by atoms with Crippen molar-refractivity contribution in [3.63, 3.8) is 0 Å². The number of ether oxygens (including phenoxy) is 3. The van der Waals surface area contributed by atoms with Crippen molar-refractivity contribution in [1.82, 2.24) is 15.5 Å². The molecular weight excluding hydrogens is 484 g/mol. The van der Waals surface area contributed by atoms with Gasteiger partial charge in [0.05, 0.1) is 19.8 Å². The van der Waals surface area contributed by atoms with Gasteiger partial charge in [-0.25, -0.2) is 9.59 Å². The van der Waals surface area contributed by atoms with Crippen molar-refractivity contribution in [2.45, 2.75) is 50.7 Å². The highest BCUT2D eigenvalue weighted by Gasteiger charge is 2.31. The quantitative estimate of drug-likeness (QED) is 0.402. The molecular formula is C26H41ClN4O5. The summed E-state index contributed by atoms with van der Waals surface area (Å²) in [4.78, 5) is 26.2. The Kier molecular flexibility index (Phi) is 12.1. The number of urea groups is 1. The van der Waals surface area contributed by atoms with E-state index < -0.39 is 6.09 Å². The molecule has 2 saturated heterocycles. The Balaban J connectivity index is 1.53. The van der Waals surface area contributed by atoms with Crippen LogP contribution in [-0.2, 0) is 14.2 Å². The van der Waals surface area contributed by atoms with Crippen molar-refractivity contribution in [3.05, 3.63) is 34.9 Å². The van der Waals surface area contributed by atoms with E-state index in [9.17, 15) is 9.59 Å². The van der Waals surface area contributed by atoms with Crippen LogP contribution < -0.4 is 16.4 Å². The first-order valence-corrected chi connectivity index (χ1v) is 13.4. The number of hydrogen-bond acceptors (Lipinski definition) is 6. The zero-order chi connectivity index (χ0) is 25.8. The van der Waals surface area contributed by atoms with Crippen molar-refractivity contribution in [2.24, 2.45) is 17.6 Å². The van der Waals surface area contributed by atoms with Crippen molar-refractivity contribution in [1.29, 1.82) is 0 Å². The Morgan fingerprint density at radius 1 is 1.25 bits per heavy atom. The fourth-order valence-electron chi connectivity index (χ4n) is 5.04. The first-order valence-electron chi connectivity index (χ1n) is 13.0. The second-order valence-corrected chi connectivity index (χ2v) is 10.2. The molecule has 0 radical (unpaired) electrons. The van der Waals surface area contributed by atoms with E-state index in [1.54, 1.807) is 0 Å². The van der Waals surface area contributed by atoms with Crippen LogP contribution in [0.25, 0.3) is 0 Å². The van der Waals surface area contributed by atoms with E-state index in [0.29, 0.717) is 43.7 Å². The molecule has 3 rings (SSSR count). The summed E-state index contributed by atoms with van der Waals surface area (Å²) in [5.74, 6) is 0.556. The molecule has 2 aliphatic heterocycles. The maximum atomic E-state index is 13.0. The number of nitrogens with two attached hydrogens (primary N) is 1. The smallest absolute Gasteiger partial charge is 0.406 e. The van der Waals surface area contributed by atoms with Gasteiger partial charge in [0.15, 0.2) is 0 Å². The standard InChI is InChI=1S/C26H41ClN4O5/c1-34-26(33)29-10-13-36-24(20-7-4-9-22(27)15-20)21-8-5-11-31(17-21)25(32)30-16-23(28)14-19-6-2-3-12-35-18-19/h4,7,9,15,19,21,23-24H,2-3,5-6,8,10-14,16-18,28H2,1H3,(H,29,33)(H,30,32). The summed E-state index contributed by atoms with van der Waals surface area (Å²) in [5, 5.41) is 6.30. The number of piperidine rings is 1. The van der Waals surface area contributed by atoms with Crippen molar-refractivity contribution >= 4 is 23.7 Å². The normalized spacial score (nSPS) is 22.2. The summed E-state index contributed by atoms with van der Waals surface area (Å²) >= 11 is 6.26. The Morgan fingerprint density at radius 2 is 2.11 bits per heavy atom. The topological polar surface area (TPSA) is 115 Å². The van der Waals surface area contributed by atoms with Crippen molar-refractivity contribution in [2.75, 3.05) is 53.1 Å². The highest BCUT2D eigenvalue weighted by molar-refractivity contribution is 6.30. The minimum absolute atomic E-state index is 0.0916. The Hall–Kier alpha value is -2.07. The summed E-state index contributed by atoms with van der Waals surface area (Å²) in [6, 6.07) is 7.42. The lowest BCUT2D eigenvalue weighted by Crippen LogP contribution is -2.49. The Bertz CT molecular complexity index is 821. The highest BCUT2D eigenvalue weighted by Crippen LogP contribution is 2.34. The SMILES string of the molecule is COC(=O)NCCOC(c1cccc(Cl)c1)C1CCCN(C(=O)NCC(N)CC2CCCCOC2)C1. The number of carbonyl (C=O) groups excluding carboxylic acids is 2. The molecule has 2 aliphatic rings. The number of alkyl carbamates (subject to hydrolysis) is 1. The molecule has 2 fully saturated rings. The third-order valence-electron chi connectivity index (χ3n) is 6.86. The van der Waals surface area contributed by atoms with Gasteiger partial charge < -0.3 is 35.5 Å². The van der Waals surface area contributed by atoms with Crippen LogP contribution in [0.15, 0.2) is 24.3 Å². The molecule has 4 unspecified atom stereocenters. The largest absolute Gasteiger partial charge is 0.453 e. The summed E-state index contributed by atoms with van der Waals surface area (Å²) in [5.41, 5.74) is 7.30. The molecule has 3 amide bonds. The lowest BCUT2D eigenvalue weighted by atomic mass is 9.88. The lowest BCUT2D eigenvalue weighted by molar-refractivity contribution is -0.00848. The summed E-state index contributed by atoms with van der Waals surface area (Å²) in [6.45, 7) is 3.94. The van der Waals surface area contributed by atoms with E-state index in [0.717, 1.165) is 50.9 Å². The molecule has 202 valence electrons. The minimum atomic E-state index is -0.497. The van der Waals surface area contributed by atoms with Crippen LogP contribution in [0.3, 0.4) is 0 Å². The molecule has 0 aromatic heterocycles. The van der Waals surface area contributed by atoms with E-state index in [1.165, 1.54) is 13.5 Å². The third-order valence-corrected chi connectivity index (χ3v) is 7.10. The number of hydrogen-bond donors (Lipinski definition) is 3. The Labute approximate surface area is 219 Å². The van der Waals surface area contributed by atoms with Crippen LogP contribution in [0, 0.1) is 11.8 Å². The molecule has 0 bridgehead atoms. The van der Waals surface area contributed by atoms with Crippen LogP contribution in [-0.4, -0.2) is 76.2 Å². The van der Waals surface area contributed by atoms with Crippen LogP contribution in [0.4, 0.5) is 9.59 Å². The molecule has 4 atom stereocenters. The fourth-order valence-corrected chi connectivity index (χ4v) is 5.24. The number of amides is 3. The number of methoxy groups -OCH3 is 1. The number of benzene rings is 1. The maximum Gasteiger partial charge on any atom is 0.406 e. The average molecular weight is 525 g/mol. The molecule has 4 N–H and O–H groups in total. The first kappa shape index (κ1) is 28.5. The lowest BCUT2D eigenvalue weighted by Gasteiger charge is -2.37. The molecule has 1 aromatic rings. The number of halogens is 1. The number of carbonyl (C=O) groups is 2. The molecule has 2 heterocycles. The van der Waals surface area contributed by atoms with Crippen LogP contribution in [0.1, 0.15) is 50.2 Å². The summed E-state index contributed by atoms with van der Waals surface area (Å²) in [6.07, 6.45) is 5.33. The molecule has 0 spiro atoms. The van der Waals surface area contributed by atoms with Gasteiger partial charge in [-0.05, 0) is 55.7 Å². The van der Waals surface area contributed by atoms with E-state index in [-0.39, 0.29) is 24.1 Å². The zero-order valence-corrected chi connectivity index (χ0v) is 22.0. The van der Waals surface area contributed by atoms with E-state index >= 15 is 0 Å². The number of nitrogens with zero attached hydrogens (tertiary/aromatic N) is 1. The molecule has 0 saturated carbocycles. The van der Waals surface area contributed by atoms with Gasteiger partial charge in [-0.3, -0.25) is 0 Å². The van der Waals surface area contributed by atoms with Gasteiger partial charge in [-0.2, -0.15) is 0 Å². The highest BCUT2D eigenvalue weighted by atomic mass is 35.5. The number of rotatable bonds is 10. The molecule has 0 aliphatic carbocycles. The number of likely N-dealkylation sites (tertiary alicyclic amines) is 1. The van der Waals surface area contributed by atoms with Gasteiger partial charge in [0.2, 0.25) is 0 Å². The van der Waals surface area contributed by atoms with Crippen LogP contribution in [0.2, 0.25) is 5.02 Å². The maximum absolute atomic E-state index is 13.0. The predicted octanol–water partition coefficient (Wildman–Crippen LogP) is 3.71. The van der Waals surface area contributed by atoms with Gasteiger partial charge in [0, 0.05) is 56.4 Å². The van der Waals surface area contributed by atoms with Gasteiger partial charge >= 0.3 is 12.1 Å². The molecule has 10 heteroatoms. The monoisotopic (exact) mass is 524 g/mol. The van der Waals surface area contributed by atoms with E-state index in [1.807, 2.05) is 29.2 Å². The summed E-state index contributed by atoms with van der Waals surface area (Å²) in [7, 11) is 1.32. The van der Waals surface area contributed by atoms with Crippen molar-refractivity contribution in [3.8, 4) is 0 Å². The summed E-state index contributed by atoms with van der Waals surface area (Å²) < 4.78 is 16.5. The van der Waals surface area contributed by atoms with Crippen molar-refractivity contribution < 1.29 is 23.8 Å². The fraction of sp³-hybridized carbons (Fsp3) is 0.692. The van der Waals surface area contributed by atoms with Crippen LogP contribution in [0.5, 0.6) is 0 Å². The minimum Gasteiger partial charge on any atom is -0.453 e. The predicted molar refractivity (Wildman–Crippen MR) is 139 cm³/mol. The Morgan fingerprint density at radius 3 is 2.92 bits per heavy atom. The average Bonchev–Trinajstić information content (AvgIpc) is 3.15. The third kappa shape index (κ3) is 9.42. The van der Waals surface area contributed by atoms with Gasteiger partial charge in [0.25, 0.3) is 0 Å². The second kappa shape index (κ2) is 15.2. The molecule has 9 nitrogen and oxygen atoms in total. The second-order valence-electron chi connectivity index (χ2n) is 9.73.